The van der Waals surface area contributed by atoms with Gasteiger partial charge in [-0.3, -0.25) is 9.52 Å². The molecular formula is C12H10ClFN2O3S2. The summed E-state index contributed by atoms with van der Waals surface area (Å²) in [5.74, 6) is -1.10. The quantitative estimate of drug-likeness (QED) is 0.890. The van der Waals surface area contributed by atoms with Crippen LogP contribution in [0.15, 0.2) is 34.5 Å². The van der Waals surface area contributed by atoms with Crippen molar-refractivity contribution < 1.29 is 17.6 Å². The van der Waals surface area contributed by atoms with Crippen LogP contribution in [0.4, 0.5) is 15.8 Å². The van der Waals surface area contributed by atoms with Crippen molar-refractivity contribution in [3.63, 3.8) is 0 Å². The maximum absolute atomic E-state index is 13.7. The highest BCUT2D eigenvalue weighted by Gasteiger charge is 2.19. The minimum absolute atomic E-state index is 0.0307. The molecule has 5 nitrogen and oxygen atoms in total. The summed E-state index contributed by atoms with van der Waals surface area (Å²) in [6.45, 7) is 1.29. The Balaban J connectivity index is 2.32. The molecule has 2 rings (SSSR count). The molecule has 112 valence electrons. The molecule has 0 spiro atoms. The summed E-state index contributed by atoms with van der Waals surface area (Å²) in [4.78, 5) is 11.0. The van der Waals surface area contributed by atoms with Gasteiger partial charge in [-0.15, -0.1) is 11.3 Å². The van der Waals surface area contributed by atoms with Crippen LogP contribution in [-0.2, 0) is 14.8 Å². The van der Waals surface area contributed by atoms with Gasteiger partial charge in [0, 0.05) is 12.6 Å². The Morgan fingerprint density at radius 3 is 2.57 bits per heavy atom. The van der Waals surface area contributed by atoms with Crippen LogP contribution in [0.1, 0.15) is 6.92 Å². The van der Waals surface area contributed by atoms with E-state index >= 15 is 0 Å². The monoisotopic (exact) mass is 348 g/mol. The highest BCUT2D eigenvalue weighted by molar-refractivity contribution is 7.94. The lowest BCUT2D eigenvalue weighted by molar-refractivity contribution is -0.114. The number of thiophene rings is 1. The van der Waals surface area contributed by atoms with Gasteiger partial charge in [0.2, 0.25) is 5.91 Å². The highest BCUT2D eigenvalue weighted by Crippen LogP contribution is 2.28. The lowest BCUT2D eigenvalue weighted by atomic mass is 10.2. The van der Waals surface area contributed by atoms with E-state index in [1.807, 2.05) is 0 Å². The van der Waals surface area contributed by atoms with Crippen LogP contribution in [0.2, 0.25) is 4.34 Å². The van der Waals surface area contributed by atoms with E-state index in [1.54, 1.807) is 0 Å². The average Bonchev–Trinajstić information content (AvgIpc) is 2.80. The topological polar surface area (TPSA) is 75.3 Å². The van der Waals surface area contributed by atoms with Crippen LogP contribution in [0, 0.1) is 5.82 Å². The summed E-state index contributed by atoms with van der Waals surface area (Å²) in [6.07, 6.45) is 0. The van der Waals surface area contributed by atoms with E-state index in [0.29, 0.717) is 4.34 Å². The number of hydrogen-bond acceptors (Lipinski definition) is 4. The van der Waals surface area contributed by atoms with Crippen molar-refractivity contribution >= 4 is 50.2 Å². The number of carbonyl (C=O) groups excluding carboxylic acids is 1. The van der Waals surface area contributed by atoms with Gasteiger partial charge in [0.05, 0.1) is 10.0 Å². The van der Waals surface area contributed by atoms with Gasteiger partial charge in [0.1, 0.15) is 10.0 Å². The molecule has 0 aliphatic heterocycles. The molecule has 9 heteroatoms. The molecule has 1 amide bonds. The third kappa shape index (κ3) is 3.93. The zero-order valence-corrected chi connectivity index (χ0v) is 13.1. The molecule has 1 heterocycles. The van der Waals surface area contributed by atoms with E-state index in [2.05, 4.69) is 10.0 Å². The Bertz CT molecular complexity index is 790. The number of amides is 1. The maximum atomic E-state index is 13.7. The lowest BCUT2D eigenvalue weighted by Gasteiger charge is -2.09. The molecule has 0 aliphatic carbocycles. The number of anilines is 2. The number of rotatable bonds is 4. The summed E-state index contributed by atoms with van der Waals surface area (Å²) < 4.78 is 40.3. The number of benzene rings is 1. The van der Waals surface area contributed by atoms with E-state index in [9.17, 15) is 17.6 Å². The van der Waals surface area contributed by atoms with Crippen LogP contribution in [0.25, 0.3) is 0 Å². The molecule has 1 aromatic heterocycles. The van der Waals surface area contributed by atoms with E-state index in [1.165, 1.54) is 31.2 Å². The molecule has 0 saturated heterocycles. The largest absolute Gasteiger partial charge is 0.326 e. The zero-order chi connectivity index (χ0) is 15.6. The van der Waals surface area contributed by atoms with Crippen molar-refractivity contribution in [2.24, 2.45) is 0 Å². The zero-order valence-electron chi connectivity index (χ0n) is 10.7. The second-order valence-electron chi connectivity index (χ2n) is 4.04. The number of hydrogen-bond donors (Lipinski definition) is 2. The van der Waals surface area contributed by atoms with E-state index in [0.717, 1.165) is 17.4 Å². The Hall–Kier alpha value is -1.64. The van der Waals surface area contributed by atoms with Crippen molar-refractivity contribution in [1.29, 1.82) is 0 Å². The Morgan fingerprint density at radius 2 is 2.00 bits per heavy atom. The summed E-state index contributed by atoms with van der Waals surface area (Å²) in [6, 6.07) is 6.35. The molecule has 2 N–H and O–H groups in total. The van der Waals surface area contributed by atoms with Gasteiger partial charge in [-0.05, 0) is 30.3 Å². The Morgan fingerprint density at radius 1 is 1.29 bits per heavy atom. The minimum atomic E-state index is -3.93. The molecular weight excluding hydrogens is 339 g/mol. The fourth-order valence-electron chi connectivity index (χ4n) is 1.52. The molecule has 0 fully saturated rings. The number of carbonyl (C=O) groups is 1. The molecule has 0 atom stereocenters. The van der Waals surface area contributed by atoms with Gasteiger partial charge in [-0.1, -0.05) is 11.6 Å². The van der Waals surface area contributed by atoms with Crippen LogP contribution in [0.5, 0.6) is 0 Å². The van der Waals surface area contributed by atoms with Gasteiger partial charge in [-0.2, -0.15) is 0 Å². The number of halogens is 2. The molecule has 0 unspecified atom stereocenters. The Labute approximate surface area is 129 Å². The summed E-state index contributed by atoms with van der Waals surface area (Å²) in [5.41, 5.74) is 0.0246. The predicted molar refractivity (Wildman–Crippen MR) is 80.8 cm³/mol. The highest BCUT2D eigenvalue weighted by atomic mass is 35.5. The van der Waals surface area contributed by atoms with Gasteiger partial charge in [0.15, 0.2) is 0 Å². The molecule has 1 aromatic carbocycles. The molecule has 0 saturated carbocycles. The predicted octanol–water partition coefficient (Wildman–Crippen LogP) is 3.30. The van der Waals surface area contributed by atoms with Gasteiger partial charge >= 0.3 is 0 Å². The molecule has 2 aromatic rings. The van der Waals surface area contributed by atoms with Crippen molar-refractivity contribution in [2.45, 2.75) is 11.1 Å². The molecule has 0 aliphatic rings. The third-order valence-electron chi connectivity index (χ3n) is 2.34. The standard InChI is InChI=1S/C12H10ClFN2O3S2/c1-7(17)15-8-2-3-9(14)10(6-8)16-21(18,19)12-5-4-11(13)20-12/h2-6,16H,1H3,(H,15,17). The smallest absolute Gasteiger partial charge is 0.271 e. The van der Waals surface area contributed by atoms with Gasteiger partial charge < -0.3 is 5.32 Å². The Kier molecular flexibility index (Phi) is 4.50. The van der Waals surface area contributed by atoms with E-state index in [-0.39, 0.29) is 21.5 Å². The lowest BCUT2D eigenvalue weighted by Crippen LogP contribution is -2.13. The van der Waals surface area contributed by atoms with Gasteiger partial charge in [0.25, 0.3) is 10.0 Å². The van der Waals surface area contributed by atoms with Crippen molar-refractivity contribution in [1.82, 2.24) is 0 Å². The second kappa shape index (κ2) is 6.00. The minimum Gasteiger partial charge on any atom is -0.326 e. The summed E-state index contributed by atoms with van der Waals surface area (Å²) in [7, 11) is -3.93. The first kappa shape index (κ1) is 15.7. The van der Waals surface area contributed by atoms with Crippen molar-refractivity contribution in [3.8, 4) is 0 Å². The van der Waals surface area contributed by atoms with E-state index in [4.69, 9.17) is 11.6 Å². The van der Waals surface area contributed by atoms with Crippen LogP contribution in [0.3, 0.4) is 0 Å². The average molecular weight is 349 g/mol. The van der Waals surface area contributed by atoms with Crippen LogP contribution in [-0.4, -0.2) is 14.3 Å². The SMILES string of the molecule is CC(=O)Nc1ccc(F)c(NS(=O)(=O)c2ccc(Cl)s2)c1. The first-order valence-electron chi connectivity index (χ1n) is 5.63. The molecule has 0 bridgehead atoms. The normalized spacial score (nSPS) is 11.2. The number of nitrogens with one attached hydrogen (secondary N) is 2. The fraction of sp³-hybridized carbons (Fsp3) is 0.0833. The first-order valence-corrected chi connectivity index (χ1v) is 8.31. The van der Waals surface area contributed by atoms with Gasteiger partial charge in [-0.25, -0.2) is 12.8 Å². The number of sulfonamides is 1. The molecule has 0 radical (unpaired) electrons. The third-order valence-corrected chi connectivity index (χ3v) is 5.43. The second-order valence-corrected chi connectivity index (χ2v) is 7.66. The van der Waals surface area contributed by atoms with Crippen LogP contribution < -0.4 is 10.0 Å². The van der Waals surface area contributed by atoms with Crippen LogP contribution >= 0.6 is 22.9 Å². The summed E-state index contributed by atoms with van der Waals surface area (Å²) >= 11 is 6.55. The van der Waals surface area contributed by atoms with Crippen molar-refractivity contribution in [3.05, 3.63) is 40.5 Å². The first-order chi connectivity index (χ1) is 9.78. The van der Waals surface area contributed by atoms with Crippen molar-refractivity contribution in [2.75, 3.05) is 10.0 Å². The molecule has 21 heavy (non-hydrogen) atoms. The fourth-order valence-corrected chi connectivity index (χ4v) is 4.06. The summed E-state index contributed by atoms with van der Waals surface area (Å²) in [5, 5.41) is 2.44. The van der Waals surface area contributed by atoms with E-state index < -0.39 is 15.8 Å². The maximum Gasteiger partial charge on any atom is 0.271 e.